The van der Waals surface area contributed by atoms with Crippen LogP contribution in [0.2, 0.25) is 0 Å². The summed E-state index contributed by atoms with van der Waals surface area (Å²) in [5, 5.41) is 0. The number of aromatic nitrogens is 1. The first-order valence-corrected chi connectivity index (χ1v) is 8.06. The van der Waals surface area contributed by atoms with Crippen LogP contribution in [0, 0.1) is 6.92 Å². The molecule has 0 N–H and O–H groups in total. The van der Waals surface area contributed by atoms with Crippen molar-refractivity contribution in [3.05, 3.63) is 65.0 Å². The minimum absolute atomic E-state index is 0.196. The van der Waals surface area contributed by atoms with E-state index in [4.69, 9.17) is 4.74 Å². The summed E-state index contributed by atoms with van der Waals surface area (Å²) < 4.78 is 5.19. The predicted molar refractivity (Wildman–Crippen MR) is 89.4 cm³/mol. The highest BCUT2D eigenvalue weighted by Crippen LogP contribution is 2.25. The monoisotopic (exact) mass is 324 g/mol. The van der Waals surface area contributed by atoms with Gasteiger partial charge >= 0.3 is 5.97 Å². The number of esters is 1. The van der Waals surface area contributed by atoms with Gasteiger partial charge in [-0.05, 0) is 36.6 Å². The average Bonchev–Trinajstić information content (AvgIpc) is 2.60. The Balaban J connectivity index is 1.96. The number of aryl methyl sites for hydroxylation is 1. The van der Waals surface area contributed by atoms with Crippen LogP contribution in [0.3, 0.4) is 0 Å². The molecule has 1 aliphatic rings. The third-order valence-electron chi connectivity index (χ3n) is 4.19. The van der Waals surface area contributed by atoms with Crippen molar-refractivity contribution in [3.8, 4) is 0 Å². The number of amides is 1. The molecule has 1 unspecified atom stereocenters. The van der Waals surface area contributed by atoms with Gasteiger partial charge in [-0.15, -0.1) is 0 Å². The summed E-state index contributed by atoms with van der Waals surface area (Å²) in [6.07, 6.45) is 3.71. The van der Waals surface area contributed by atoms with Gasteiger partial charge in [0.2, 0.25) is 0 Å². The van der Waals surface area contributed by atoms with E-state index in [2.05, 4.69) is 4.98 Å². The number of fused-ring (bicyclic) bond motifs is 1. The lowest BCUT2D eigenvalue weighted by Crippen LogP contribution is -2.49. The van der Waals surface area contributed by atoms with Crippen molar-refractivity contribution in [3.63, 3.8) is 0 Å². The van der Waals surface area contributed by atoms with Crippen LogP contribution in [0.1, 0.15) is 34.0 Å². The summed E-state index contributed by atoms with van der Waals surface area (Å²) >= 11 is 0. The van der Waals surface area contributed by atoms with Gasteiger partial charge in [-0.3, -0.25) is 9.78 Å². The molecule has 0 spiro atoms. The summed E-state index contributed by atoms with van der Waals surface area (Å²) in [6.45, 7) is 4.35. The molecule has 2 aromatic rings. The third-order valence-corrected chi connectivity index (χ3v) is 4.19. The zero-order chi connectivity index (χ0) is 17.1. The maximum Gasteiger partial charge on any atom is 0.329 e. The topological polar surface area (TPSA) is 59.5 Å². The smallest absolute Gasteiger partial charge is 0.329 e. The molecule has 0 fully saturated rings. The van der Waals surface area contributed by atoms with E-state index in [9.17, 15) is 9.59 Å². The van der Waals surface area contributed by atoms with Crippen LogP contribution >= 0.6 is 0 Å². The molecule has 1 aromatic heterocycles. The van der Waals surface area contributed by atoms with Crippen molar-refractivity contribution < 1.29 is 14.3 Å². The number of carbonyl (C=O) groups excluding carboxylic acids is 2. The second kappa shape index (κ2) is 6.83. The van der Waals surface area contributed by atoms with Crippen molar-refractivity contribution in [2.75, 3.05) is 6.61 Å². The Morgan fingerprint density at radius 2 is 2.00 bits per heavy atom. The fraction of sp³-hybridized carbons (Fsp3) is 0.316. The molecule has 3 rings (SSSR count). The molecule has 0 saturated carbocycles. The van der Waals surface area contributed by atoms with Crippen LogP contribution < -0.4 is 0 Å². The van der Waals surface area contributed by atoms with Gasteiger partial charge in [0.25, 0.3) is 5.91 Å². The molecular weight excluding hydrogens is 304 g/mol. The Morgan fingerprint density at radius 1 is 1.25 bits per heavy atom. The molecule has 24 heavy (non-hydrogen) atoms. The van der Waals surface area contributed by atoms with Gasteiger partial charge in [0, 0.05) is 25.4 Å². The summed E-state index contributed by atoms with van der Waals surface area (Å²) in [5.74, 6) is -0.556. The molecule has 2 heterocycles. The molecule has 1 aliphatic heterocycles. The van der Waals surface area contributed by atoms with E-state index >= 15 is 0 Å². The van der Waals surface area contributed by atoms with Crippen LogP contribution in [0.4, 0.5) is 0 Å². The number of carbonyl (C=O) groups is 2. The molecular formula is C19H20N2O3. The molecule has 1 aromatic carbocycles. The first-order valence-electron chi connectivity index (χ1n) is 8.06. The molecule has 1 atom stereocenters. The zero-order valence-corrected chi connectivity index (χ0v) is 13.9. The highest BCUT2D eigenvalue weighted by Gasteiger charge is 2.36. The van der Waals surface area contributed by atoms with Crippen molar-refractivity contribution in [1.82, 2.24) is 9.88 Å². The maximum atomic E-state index is 13.0. The number of ether oxygens (including phenoxy) is 1. The second-order valence-corrected chi connectivity index (χ2v) is 5.92. The lowest BCUT2D eigenvalue weighted by atomic mass is 9.93. The number of benzene rings is 1. The molecule has 1 amide bonds. The fourth-order valence-electron chi connectivity index (χ4n) is 3.02. The van der Waals surface area contributed by atoms with Crippen molar-refractivity contribution in [2.24, 2.45) is 0 Å². The predicted octanol–water partition coefficient (Wildman–Crippen LogP) is 2.52. The Hall–Kier alpha value is -2.69. The number of hydrogen-bond acceptors (Lipinski definition) is 4. The summed E-state index contributed by atoms with van der Waals surface area (Å²) in [6, 6.07) is 9.07. The molecule has 0 radical (unpaired) electrons. The van der Waals surface area contributed by atoms with E-state index in [1.807, 2.05) is 31.2 Å². The van der Waals surface area contributed by atoms with Gasteiger partial charge in [-0.1, -0.05) is 24.3 Å². The highest BCUT2D eigenvalue weighted by molar-refractivity contribution is 5.97. The van der Waals surface area contributed by atoms with Crippen LogP contribution in [0.5, 0.6) is 0 Å². The molecule has 5 nitrogen and oxygen atoms in total. The van der Waals surface area contributed by atoms with E-state index < -0.39 is 6.04 Å². The van der Waals surface area contributed by atoms with Gasteiger partial charge < -0.3 is 9.64 Å². The lowest BCUT2D eigenvalue weighted by Gasteiger charge is -2.35. The summed E-state index contributed by atoms with van der Waals surface area (Å²) in [7, 11) is 0. The van der Waals surface area contributed by atoms with Crippen LogP contribution in [0.25, 0.3) is 0 Å². The van der Waals surface area contributed by atoms with E-state index in [0.29, 0.717) is 25.1 Å². The molecule has 0 aliphatic carbocycles. The number of pyridine rings is 1. The largest absolute Gasteiger partial charge is 0.464 e. The highest BCUT2D eigenvalue weighted by atomic mass is 16.5. The first kappa shape index (κ1) is 16.2. The number of nitrogens with zero attached hydrogens (tertiary/aromatic N) is 2. The van der Waals surface area contributed by atoms with Crippen LogP contribution in [0.15, 0.2) is 42.7 Å². The van der Waals surface area contributed by atoms with Gasteiger partial charge in [0.05, 0.1) is 12.2 Å². The quantitative estimate of drug-likeness (QED) is 0.814. The molecule has 5 heteroatoms. The summed E-state index contributed by atoms with van der Waals surface area (Å²) in [4.78, 5) is 31.0. The van der Waals surface area contributed by atoms with Gasteiger partial charge in [0.15, 0.2) is 0 Å². The normalized spacial score (nSPS) is 16.4. The maximum absolute atomic E-state index is 13.0. The van der Waals surface area contributed by atoms with Gasteiger partial charge in [-0.25, -0.2) is 4.79 Å². The van der Waals surface area contributed by atoms with Crippen LogP contribution in [-0.2, 0) is 22.5 Å². The molecule has 124 valence electrons. The minimum atomic E-state index is -0.604. The number of hydrogen-bond donors (Lipinski definition) is 0. The van der Waals surface area contributed by atoms with Crippen molar-refractivity contribution in [1.29, 1.82) is 0 Å². The van der Waals surface area contributed by atoms with E-state index in [1.165, 1.54) is 6.20 Å². The first-order chi connectivity index (χ1) is 11.6. The molecule has 0 saturated heterocycles. The van der Waals surface area contributed by atoms with E-state index in [1.54, 1.807) is 24.1 Å². The Bertz CT molecular complexity index is 773. The number of rotatable bonds is 3. The summed E-state index contributed by atoms with van der Waals surface area (Å²) in [5.41, 5.74) is 3.55. The minimum Gasteiger partial charge on any atom is -0.464 e. The van der Waals surface area contributed by atoms with E-state index in [-0.39, 0.29) is 11.9 Å². The SMILES string of the molecule is CCOC(=O)C1Cc2ccccc2CN1C(=O)c1cncc(C)c1. The van der Waals surface area contributed by atoms with Crippen LogP contribution in [-0.4, -0.2) is 34.4 Å². The standard InChI is InChI=1S/C19H20N2O3/c1-3-24-19(23)17-9-14-6-4-5-7-15(14)12-21(17)18(22)16-8-13(2)10-20-11-16/h4-8,10-11,17H,3,9,12H2,1-2H3. The fourth-order valence-corrected chi connectivity index (χ4v) is 3.02. The van der Waals surface area contributed by atoms with Gasteiger partial charge in [-0.2, -0.15) is 0 Å². The second-order valence-electron chi connectivity index (χ2n) is 5.92. The lowest BCUT2D eigenvalue weighted by molar-refractivity contribution is -0.149. The van der Waals surface area contributed by atoms with Crippen molar-refractivity contribution in [2.45, 2.75) is 32.9 Å². The zero-order valence-electron chi connectivity index (χ0n) is 13.9. The Morgan fingerprint density at radius 3 is 2.71 bits per heavy atom. The van der Waals surface area contributed by atoms with E-state index in [0.717, 1.165) is 16.7 Å². The Labute approximate surface area is 141 Å². The Kier molecular flexibility index (Phi) is 4.60. The molecule has 0 bridgehead atoms. The third kappa shape index (κ3) is 3.15. The average molecular weight is 324 g/mol. The van der Waals surface area contributed by atoms with Gasteiger partial charge in [0.1, 0.15) is 6.04 Å². The van der Waals surface area contributed by atoms with Crippen molar-refractivity contribution >= 4 is 11.9 Å².